The fourth-order valence-electron chi connectivity index (χ4n) is 1.97. The van der Waals surface area contributed by atoms with Crippen molar-refractivity contribution in [1.82, 2.24) is 0 Å². The fraction of sp³-hybridized carbons (Fsp3) is 0.300. The van der Waals surface area contributed by atoms with Gasteiger partial charge in [0.2, 0.25) is 0 Å². The Kier molecular flexibility index (Phi) is 1.93. The van der Waals surface area contributed by atoms with E-state index in [-0.39, 0.29) is 17.4 Å². The summed E-state index contributed by atoms with van der Waals surface area (Å²) in [6.45, 7) is 0. The Bertz CT molecular complexity index is 401. The molecule has 1 atom stereocenters. The van der Waals surface area contributed by atoms with E-state index in [1.54, 1.807) is 6.07 Å². The van der Waals surface area contributed by atoms with Crippen LogP contribution in [0.4, 0.5) is 0 Å². The summed E-state index contributed by atoms with van der Waals surface area (Å²) >= 11 is 0. The van der Waals surface area contributed by atoms with Crippen molar-refractivity contribution in [1.29, 1.82) is 0 Å². The number of aromatic hydroxyl groups is 1. The van der Waals surface area contributed by atoms with Crippen LogP contribution in [0, 0.1) is 0 Å². The smallest absolute Gasteiger partial charge is 0.339 e. The molecule has 0 aliphatic heterocycles. The van der Waals surface area contributed by atoms with Gasteiger partial charge in [-0.05, 0) is 30.0 Å². The second-order valence-corrected chi connectivity index (χ2v) is 3.48. The minimum Gasteiger partial charge on any atom is -0.507 e. The molecule has 0 bridgehead atoms. The summed E-state index contributed by atoms with van der Waals surface area (Å²) in [5, 5.41) is 18.4. The average molecular weight is 193 g/mol. The van der Waals surface area contributed by atoms with Crippen LogP contribution in [0.3, 0.4) is 0 Å². The highest BCUT2D eigenvalue weighted by atomic mass is 16.4. The van der Waals surface area contributed by atoms with Gasteiger partial charge in [0.15, 0.2) is 0 Å². The van der Waals surface area contributed by atoms with Crippen LogP contribution in [0.15, 0.2) is 12.1 Å². The molecule has 4 heteroatoms. The van der Waals surface area contributed by atoms with Crippen molar-refractivity contribution < 1.29 is 15.0 Å². The number of fused-ring (bicyclic) bond motifs is 1. The van der Waals surface area contributed by atoms with Crippen LogP contribution in [0.5, 0.6) is 5.75 Å². The Morgan fingerprint density at radius 3 is 2.86 bits per heavy atom. The predicted molar refractivity (Wildman–Crippen MR) is 50.3 cm³/mol. The molecule has 0 heterocycles. The highest BCUT2D eigenvalue weighted by Crippen LogP contribution is 2.36. The molecule has 4 nitrogen and oxygen atoms in total. The molecule has 1 aliphatic carbocycles. The van der Waals surface area contributed by atoms with Crippen molar-refractivity contribution in [2.75, 3.05) is 0 Å². The second kappa shape index (κ2) is 2.99. The molecule has 1 unspecified atom stereocenters. The van der Waals surface area contributed by atoms with Gasteiger partial charge in [0.1, 0.15) is 11.3 Å². The van der Waals surface area contributed by atoms with E-state index in [1.165, 1.54) is 6.07 Å². The Balaban J connectivity index is 2.68. The molecule has 4 N–H and O–H groups in total. The number of carbonyl (C=O) groups is 1. The molecule has 0 radical (unpaired) electrons. The van der Waals surface area contributed by atoms with E-state index < -0.39 is 5.97 Å². The molecule has 2 rings (SSSR count). The van der Waals surface area contributed by atoms with Crippen molar-refractivity contribution in [2.45, 2.75) is 18.9 Å². The first-order valence-corrected chi connectivity index (χ1v) is 4.45. The van der Waals surface area contributed by atoms with Gasteiger partial charge in [-0.2, -0.15) is 0 Å². The standard InChI is InChI=1S/C10H11NO3/c11-6-3-1-5-2-4-7(12)9(8(5)6)10(13)14/h2,4,6,12H,1,3,11H2,(H,13,14). The molecule has 0 spiro atoms. The summed E-state index contributed by atoms with van der Waals surface area (Å²) in [4.78, 5) is 10.9. The summed E-state index contributed by atoms with van der Waals surface area (Å²) < 4.78 is 0. The normalized spacial score (nSPS) is 19.4. The molecule has 0 fully saturated rings. The Hall–Kier alpha value is -1.55. The molecule has 1 aromatic carbocycles. The number of phenols is 1. The quantitative estimate of drug-likeness (QED) is 0.622. The number of benzene rings is 1. The summed E-state index contributed by atoms with van der Waals surface area (Å²) in [5.74, 6) is -1.31. The number of aromatic carboxylic acids is 1. The molecule has 0 amide bonds. The van der Waals surface area contributed by atoms with Gasteiger partial charge in [0.25, 0.3) is 0 Å². The van der Waals surface area contributed by atoms with Crippen molar-refractivity contribution in [3.05, 3.63) is 28.8 Å². The molecular weight excluding hydrogens is 182 g/mol. The van der Waals surface area contributed by atoms with Crippen LogP contribution in [-0.4, -0.2) is 16.2 Å². The van der Waals surface area contributed by atoms with Crippen LogP contribution in [0.2, 0.25) is 0 Å². The zero-order chi connectivity index (χ0) is 10.3. The van der Waals surface area contributed by atoms with Crippen LogP contribution in [0.25, 0.3) is 0 Å². The van der Waals surface area contributed by atoms with Crippen molar-refractivity contribution >= 4 is 5.97 Å². The number of nitrogens with two attached hydrogens (primary N) is 1. The lowest BCUT2D eigenvalue weighted by molar-refractivity contribution is 0.0692. The summed E-state index contributed by atoms with van der Waals surface area (Å²) in [6, 6.07) is 2.90. The third-order valence-corrected chi connectivity index (χ3v) is 2.62. The fourth-order valence-corrected chi connectivity index (χ4v) is 1.97. The number of carboxylic acid groups (broad SMARTS) is 1. The molecule has 14 heavy (non-hydrogen) atoms. The van der Waals surface area contributed by atoms with Crippen LogP contribution in [-0.2, 0) is 6.42 Å². The van der Waals surface area contributed by atoms with Gasteiger partial charge < -0.3 is 15.9 Å². The average Bonchev–Trinajstić information content (AvgIpc) is 2.47. The minimum atomic E-state index is -1.11. The maximum Gasteiger partial charge on any atom is 0.339 e. The number of aryl methyl sites for hydroxylation is 1. The Morgan fingerprint density at radius 1 is 1.50 bits per heavy atom. The maximum atomic E-state index is 10.9. The van der Waals surface area contributed by atoms with E-state index >= 15 is 0 Å². The Morgan fingerprint density at radius 2 is 2.21 bits per heavy atom. The Labute approximate surface area is 81.0 Å². The highest BCUT2D eigenvalue weighted by Gasteiger charge is 2.27. The van der Waals surface area contributed by atoms with Gasteiger partial charge in [-0.15, -0.1) is 0 Å². The second-order valence-electron chi connectivity index (χ2n) is 3.48. The number of rotatable bonds is 1. The monoisotopic (exact) mass is 193 g/mol. The van der Waals surface area contributed by atoms with Crippen molar-refractivity contribution in [2.24, 2.45) is 5.73 Å². The van der Waals surface area contributed by atoms with E-state index in [1.807, 2.05) is 0 Å². The summed E-state index contributed by atoms with van der Waals surface area (Å²) in [7, 11) is 0. The lowest BCUT2D eigenvalue weighted by Crippen LogP contribution is -2.11. The summed E-state index contributed by atoms with van der Waals surface area (Å²) in [6.07, 6.45) is 1.54. The van der Waals surface area contributed by atoms with Crippen LogP contribution in [0.1, 0.15) is 33.9 Å². The minimum absolute atomic E-state index is 0.0347. The van der Waals surface area contributed by atoms with Crippen molar-refractivity contribution in [3.8, 4) is 5.75 Å². The molecule has 1 aromatic rings. The van der Waals surface area contributed by atoms with Gasteiger partial charge in [0, 0.05) is 6.04 Å². The van der Waals surface area contributed by atoms with Gasteiger partial charge >= 0.3 is 5.97 Å². The molecule has 0 saturated carbocycles. The molecular formula is C10H11NO3. The number of hydrogen-bond acceptors (Lipinski definition) is 3. The highest BCUT2D eigenvalue weighted by molar-refractivity contribution is 5.93. The molecule has 1 aliphatic rings. The van der Waals surface area contributed by atoms with Gasteiger partial charge in [-0.25, -0.2) is 4.79 Å². The van der Waals surface area contributed by atoms with E-state index in [2.05, 4.69) is 0 Å². The van der Waals surface area contributed by atoms with Gasteiger partial charge in [0.05, 0.1) is 0 Å². The first-order valence-electron chi connectivity index (χ1n) is 4.45. The van der Waals surface area contributed by atoms with E-state index in [0.717, 1.165) is 18.4 Å². The molecule has 0 aromatic heterocycles. The number of hydrogen-bond donors (Lipinski definition) is 3. The van der Waals surface area contributed by atoms with E-state index in [4.69, 9.17) is 10.8 Å². The zero-order valence-electron chi connectivity index (χ0n) is 7.53. The third-order valence-electron chi connectivity index (χ3n) is 2.62. The third kappa shape index (κ3) is 1.15. The largest absolute Gasteiger partial charge is 0.507 e. The lowest BCUT2D eigenvalue weighted by atomic mass is 10.0. The molecule has 0 saturated heterocycles. The van der Waals surface area contributed by atoms with Crippen LogP contribution < -0.4 is 5.73 Å². The lowest BCUT2D eigenvalue weighted by Gasteiger charge is -2.10. The first kappa shape index (κ1) is 9.02. The van der Waals surface area contributed by atoms with Crippen LogP contribution >= 0.6 is 0 Å². The first-order chi connectivity index (χ1) is 6.61. The van der Waals surface area contributed by atoms with E-state index in [0.29, 0.717) is 5.56 Å². The molecule has 74 valence electrons. The maximum absolute atomic E-state index is 10.9. The van der Waals surface area contributed by atoms with Gasteiger partial charge in [-0.1, -0.05) is 6.07 Å². The zero-order valence-corrected chi connectivity index (χ0v) is 7.53. The summed E-state index contributed by atoms with van der Waals surface area (Å²) in [5.41, 5.74) is 7.28. The van der Waals surface area contributed by atoms with Crippen molar-refractivity contribution in [3.63, 3.8) is 0 Å². The topological polar surface area (TPSA) is 83.5 Å². The number of carboxylic acids is 1. The predicted octanol–water partition coefficient (Wildman–Crippen LogP) is 1.04. The van der Waals surface area contributed by atoms with E-state index in [9.17, 15) is 9.90 Å². The SMILES string of the molecule is NC1CCc2ccc(O)c(C(=O)O)c21. The van der Waals surface area contributed by atoms with Gasteiger partial charge in [-0.3, -0.25) is 0 Å².